The molecule has 1 heterocycles. The van der Waals surface area contributed by atoms with Crippen LogP contribution in [-0.4, -0.2) is 24.5 Å². The van der Waals surface area contributed by atoms with Crippen LogP contribution >= 0.6 is 0 Å². The summed E-state index contributed by atoms with van der Waals surface area (Å²) in [6.45, 7) is 7.93. The Kier molecular flexibility index (Phi) is 3.49. The molecule has 1 radical (unpaired) electrons. The molecule has 1 aromatic carbocycles. The van der Waals surface area contributed by atoms with Gasteiger partial charge in [-0.25, -0.2) is 0 Å². The highest BCUT2D eigenvalue weighted by Crippen LogP contribution is 2.28. The number of nitrogens with zero attached hydrogens (tertiary/aromatic N) is 1. The molecule has 0 aliphatic carbocycles. The quantitative estimate of drug-likeness (QED) is 0.789. The molecule has 1 unspecified atom stereocenters. The van der Waals surface area contributed by atoms with Crippen molar-refractivity contribution in [1.82, 2.24) is 4.90 Å². The lowest BCUT2D eigenvalue weighted by molar-refractivity contribution is 0.347. The minimum absolute atomic E-state index is 0.669. The second kappa shape index (κ2) is 4.88. The second-order valence-corrected chi connectivity index (χ2v) is 5.10. The second-order valence-electron chi connectivity index (χ2n) is 5.10. The van der Waals surface area contributed by atoms with Gasteiger partial charge in [-0.05, 0) is 42.5 Å². The third-order valence-corrected chi connectivity index (χ3v) is 3.19. The fraction of sp³-hybridized carbons (Fsp3) is 0.500. The van der Waals surface area contributed by atoms with Crippen molar-refractivity contribution in [2.24, 2.45) is 0 Å². The van der Waals surface area contributed by atoms with E-state index in [-0.39, 0.29) is 0 Å². The van der Waals surface area contributed by atoms with Crippen LogP contribution in [0.1, 0.15) is 31.7 Å². The predicted molar refractivity (Wildman–Crippen MR) is 69.2 cm³/mol. The maximum Gasteiger partial charge on any atom is 0.0316 e. The third kappa shape index (κ3) is 2.76. The number of hydrogen-bond acceptors (Lipinski definition) is 2. The van der Waals surface area contributed by atoms with Gasteiger partial charge in [0, 0.05) is 18.8 Å². The van der Waals surface area contributed by atoms with Gasteiger partial charge < -0.3 is 10.6 Å². The lowest BCUT2D eigenvalue weighted by Crippen LogP contribution is -2.24. The Morgan fingerprint density at radius 3 is 2.94 bits per heavy atom. The summed E-state index contributed by atoms with van der Waals surface area (Å²) in [4.78, 5) is 2.53. The Hall–Kier alpha value is -1.02. The van der Waals surface area contributed by atoms with Gasteiger partial charge in [0.05, 0.1) is 0 Å². The van der Waals surface area contributed by atoms with Crippen molar-refractivity contribution in [3.8, 4) is 0 Å². The van der Waals surface area contributed by atoms with Crippen molar-refractivity contribution in [3.63, 3.8) is 0 Å². The maximum absolute atomic E-state index is 5.82. The van der Waals surface area contributed by atoms with Crippen LogP contribution in [-0.2, 0) is 0 Å². The minimum Gasteiger partial charge on any atom is -0.399 e. The Bertz CT molecular complexity index is 346. The van der Waals surface area contributed by atoms with E-state index in [9.17, 15) is 0 Å². The van der Waals surface area contributed by atoms with E-state index in [1.807, 2.05) is 6.07 Å². The first-order valence-corrected chi connectivity index (χ1v) is 6.02. The first kappa shape index (κ1) is 11.5. The van der Waals surface area contributed by atoms with Gasteiger partial charge in [-0.1, -0.05) is 26.0 Å². The SMILES string of the molecule is C[C](C)CN1CCC(c2cccc(N)c2)C1. The van der Waals surface area contributed by atoms with E-state index in [0.717, 1.165) is 12.2 Å². The summed E-state index contributed by atoms with van der Waals surface area (Å²) in [7, 11) is 0. The van der Waals surface area contributed by atoms with Crippen molar-refractivity contribution >= 4 is 5.69 Å². The molecule has 2 N–H and O–H groups in total. The van der Waals surface area contributed by atoms with Gasteiger partial charge in [0.15, 0.2) is 0 Å². The summed E-state index contributed by atoms with van der Waals surface area (Å²) < 4.78 is 0. The Labute approximate surface area is 98.4 Å². The van der Waals surface area contributed by atoms with Crippen LogP contribution in [0.2, 0.25) is 0 Å². The fourth-order valence-electron chi connectivity index (χ4n) is 2.51. The van der Waals surface area contributed by atoms with Crippen LogP contribution < -0.4 is 5.73 Å². The third-order valence-electron chi connectivity index (χ3n) is 3.19. The molecule has 0 spiro atoms. The zero-order valence-electron chi connectivity index (χ0n) is 10.2. The number of anilines is 1. The molecule has 0 amide bonds. The van der Waals surface area contributed by atoms with Crippen LogP contribution in [0, 0.1) is 5.92 Å². The summed E-state index contributed by atoms with van der Waals surface area (Å²) in [6.07, 6.45) is 1.26. The Morgan fingerprint density at radius 1 is 1.44 bits per heavy atom. The van der Waals surface area contributed by atoms with Gasteiger partial charge in [0.25, 0.3) is 0 Å². The normalized spacial score (nSPS) is 21.8. The first-order valence-electron chi connectivity index (χ1n) is 6.02. The van der Waals surface area contributed by atoms with E-state index in [4.69, 9.17) is 5.73 Å². The standard InChI is InChI=1S/C14H21N2/c1-11(2)9-16-7-6-13(10-16)12-4-3-5-14(15)8-12/h3-5,8,13H,6-7,9-10,15H2,1-2H3. The molecule has 0 aromatic heterocycles. The van der Waals surface area contributed by atoms with E-state index in [1.165, 1.54) is 31.0 Å². The molecule has 87 valence electrons. The summed E-state index contributed by atoms with van der Waals surface area (Å²) in [5.41, 5.74) is 8.11. The molecule has 1 atom stereocenters. The van der Waals surface area contributed by atoms with Gasteiger partial charge in [-0.15, -0.1) is 0 Å². The summed E-state index contributed by atoms with van der Waals surface area (Å²) in [5.74, 6) is 2.16. The minimum atomic E-state index is 0.669. The average Bonchev–Trinajstić information content (AvgIpc) is 2.65. The van der Waals surface area contributed by atoms with Gasteiger partial charge >= 0.3 is 0 Å². The number of hydrogen-bond donors (Lipinski definition) is 1. The molecular formula is C14H21N2. The van der Waals surface area contributed by atoms with Gasteiger partial charge in [0.1, 0.15) is 0 Å². The highest BCUT2D eigenvalue weighted by atomic mass is 15.1. The topological polar surface area (TPSA) is 29.3 Å². The van der Waals surface area contributed by atoms with Crippen LogP contribution in [0.15, 0.2) is 24.3 Å². The molecular weight excluding hydrogens is 196 g/mol. The van der Waals surface area contributed by atoms with Crippen molar-refractivity contribution in [1.29, 1.82) is 0 Å². The molecule has 1 aromatic rings. The van der Waals surface area contributed by atoms with Crippen LogP contribution in [0.5, 0.6) is 0 Å². The van der Waals surface area contributed by atoms with E-state index < -0.39 is 0 Å². The molecule has 2 nitrogen and oxygen atoms in total. The maximum atomic E-state index is 5.82. The lowest BCUT2D eigenvalue weighted by Gasteiger charge is -2.18. The highest BCUT2D eigenvalue weighted by molar-refractivity contribution is 5.42. The molecule has 1 saturated heterocycles. The number of nitrogens with two attached hydrogens (primary N) is 1. The predicted octanol–water partition coefficient (Wildman–Crippen LogP) is 2.67. The molecule has 16 heavy (non-hydrogen) atoms. The zero-order valence-corrected chi connectivity index (χ0v) is 10.2. The lowest BCUT2D eigenvalue weighted by atomic mass is 9.98. The summed E-state index contributed by atoms with van der Waals surface area (Å²) >= 11 is 0. The average molecular weight is 217 g/mol. The highest BCUT2D eigenvalue weighted by Gasteiger charge is 2.23. The van der Waals surface area contributed by atoms with Gasteiger partial charge in [0.2, 0.25) is 0 Å². The molecule has 2 heteroatoms. The Morgan fingerprint density at radius 2 is 2.25 bits per heavy atom. The Balaban J connectivity index is 1.98. The number of rotatable bonds is 3. The van der Waals surface area contributed by atoms with E-state index in [1.54, 1.807) is 0 Å². The van der Waals surface area contributed by atoms with Crippen LogP contribution in [0.3, 0.4) is 0 Å². The van der Waals surface area contributed by atoms with Gasteiger partial charge in [-0.2, -0.15) is 0 Å². The number of nitrogen functional groups attached to an aromatic ring is 1. The van der Waals surface area contributed by atoms with Crippen molar-refractivity contribution in [2.75, 3.05) is 25.4 Å². The smallest absolute Gasteiger partial charge is 0.0316 e. The number of benzene rings is 1. The van der Waals surface area contributed by atoms with Crippen molar-refractivity contribution in [2.45, 2.75) is 26.2 Å². The van der Waals surface area contributed by atoms with E-state index >= 15 is 0 Å². The van der Waals surface area contributed by atoms with E-state index in [2.05, 4.69) is 36.9 Å². The molecule has 1 aliphatic heterocycles. The summed E-state index contributed by atoms with van der Waals surface area (Å²) in [5, 5.41) is 0. The molecule has 2 rings (SSSR count). The van der Waals surface area contributed by atoms with Crippen LogP contribution in [0.4, 0.5) is 5.69 Å². The largest absolute Gasteiger partial charge is 0.399 e. The molecule has 0 bridgehead atoms. The zero-order chi connectivity index (χ0) is 11.5. The molecule has 0 saturated carbocycles. The summed E-state index contributed by atoms with van der Waals surface area (Å²) in [6, 6.07) is 8.34. The van der Waals surface area contributed by atoms with Crippen molar-refractivity contribution < 1.29 is 0 Å². The van der Waals surface area contributed by atoms with Crippen molar-refractivity contribution in [3.05, 3.63) is 35.7 Å². The fourth-order valence-corrected chi connectivity index (χ4v) is 2.51. The van der Waals surface area contributed by atoms with E-state index in [0.29, 0.717) is 5.92 Å². The van der Waals surface area contributed by atoms with Crippen LogP contribution in [0.25, 0.3) is 0 Å². The van der Waals surface area contributed by atoms with Gasteiger partial charge in [-0.3, -0.25) is 0 Å². The molecule has 1 fully saturated rings. The first-order chi connectivity index (χ1) is 7.65. The molecule has 1 aliphatic rings. The number of likely N-dealkylation sites (tertiary alicyclic amines) is 1. The monoisotopic (exact) mass is 217 g/mol.